The van der Waals surface area contributed by atoms with Gasteiger partial charge >= 0.3 is 0 Å². The third-order valence-electron chi connectivity index (χ3n) is 2.54. The zero-order valence-corrected chi connectivity index (χ0v) is 12.3. The molecule has 0 aromatic carbocycles. The molecule has 0 atom stereocenters. The lowest BCUT2D eigenvalue weighted by Crippen LogP contribution is -2.35. The molecule has 0 bridgehead atoms. The Morgan fingerprint density at radius 3 is 2.82 bits per heavy atom. The Kier molecular flexibility index (Phi) is 6.07. The van der Waals surface area contributed by atoms with Gasteiger partial charge in [0.1, 0.15) is 0 Å². The lowest BCUT2D eigenvalue weighted by Gasteiger charge is -2.22. The number of hydrogen-bond acceptors (Lipinski definition) is 7. The number of nitrogens with one attached hydrogen (secondary N) is 1. The van der Waals surface area contributed by atoms with E-state index in [1.165, 1.54) is 0 Å². The molecule has 4 nitrogen and oxygen atoms in total. The third kappa shape index (κ3) is 4.75. The molecule has 1 aliphatic heterocycles. The van der Waals surface area contributed by atoms with E-state index in [-0.39, 0.29) is 0 Å². The van der Waals surface area contributed by atoms with Crippen molar-refractivity contribution in [1.29, 1.82) is 0 Å². The fraction of sp³-hybridized carbons (Fsp3) is 0.800. The van der Waals surface area contributed by atoms with Crippen LogP contribution in [0.5, 0.6) is 0 Å². The smallest absolute Gasteiger partial charge is 0.175 e. The molecule has 1 N–H and O–H groups in total. The monoisotopic (exact) mass is 291 g/mol. The Morgan fingerprint density at radius 1 is 1.35 bits per heavy atom. The molecule has 7 heteroatoms. The van der Waals surface area contributed by atoms with Crippen molar-refractivity contribution >= 4 is 34.9 Å². The van der Waals surface area contributed by atoms with Gasteiger partial charge in [0, 0.05) is 31.6 Å². The van der Waals surface area contributed by atoms with E-state index in [1.807, 2.05) is 6.26 Å². The Hall–Kier alpha value is 0.180. The minimum absolute atomic E-state index is 0.639. The van der Waals surface area contributed by atoms with Crippen LogP contribution in [0.25, 0.3) is 0 Å². The number of ether oxygens (including phenoxy) is 1. The number of rotatable bonds is 6. The van der Waals surface area contributed by atoms with Gasteiger partial charge in [-0.3, -0.25) is 0 Å². The molecule has 0 spiro atoms. The first kappa shape index (κ1) is 13.6. The molecule has 0 amide bonds. The number of nitrogens with zero attached hydrogens (tertiary/aromatic N) is 2. The SMILES string of the molecule is CSc1nnc(SCCNC2CCOCC2)s1. The Balaban J connectivity index is 1.59. The zero-order chi connectivity index (χ0) is 11.9. The molecule has 17 heavy (non-hydrogen) atoms. The van der Waals surface area contributed by atoms with Gasteiger partial charge in [0.25, 0.3) is 0 Å². The van der Waals surface area contributed by atoms with E-state index >= 15 is 0 Å². The summed E-state index contributed by atoms with van der Waals surface area (Å²) < 4.78 is 7.44. The summed E-state index contributed by atoms with van der Waals surface area (Å²) in [6.07, 6.45) is 4.31. The van der Waals surface area contributed by atoms with Crippen molar-refractivity contribution < 1.29 is 4.74 Å². The lowest BCUT2D eigenvalue weighted by molar-refractivity contribution is 0.0786. The molecular weight excluding hydrogens is 274 g/mol. The van der Waals surface area contributed by atoms with Crippen molar-refractivity contribution in [2.75, 3.05) is 31.8 Å². The van der Waals surface area contributed by atoms with E-state index in [4.69, 9.17) is 4.74 Å². The van der Waals surface area contributed by atoms with Crippen LogP contribution in [0.2, 0.25) is 0 Å². The highest BCUT2D eigenvalue weighted by Crippen LogP contribution is 2.26. The van der Waals surface area contributed by atoms with Crippen molar-refractivity contribution in [3.05, 3.63) is 0 Å². The zero-order valence-electron chi connectivity index (χ0n) is 9.85. The number of hydrogen-bond donors (Lipinski definition) is 1. The molecule has 1 aliphatic rings. The van der Waals surface area contributed by atoms with Crippen molar-refractivity contribution in [3.63, 3.8) is 0 Å². The van der Waals surface area contributed by atoms with Gasteiger partial charge in [-0.2, -0.15) is 0 Å². The fourth-order valence-electron chi connectivity index (χ4n) is 1.64. The molecule has 1 saturated heterocycles. The molecule has 0 unspecified atom stereocenters. The first-order valence-corrected chi connectivity index (χ1v) is 8.72. The molecule has 1 aromatic heterocycles. The molecule has 1 fully saturated rings. The average Bonchev–Trinajstić information content (AvgIpc) is 2.84. The highest BCUT2D eigenvalue weighted by molar-refractivity contribution is 8.02. The second-order valence-electron chi connectivity index (χ2n) is 3.73. The predicted molar refractivity (Wildman–Crippen MR) is 74.3 cm³/mol. The van der Waals surface area contributed by atoms with Crippen LogP contribution in [0, 0.1) is 0 Å². The Morgan fingerprint density at radius 2 is 2.12 bits per heavy atom. The minimum Gasteiger partial charge on any atom is -0.381 e. The van der Waals surface area contributed by atoms with Crippen LogP contribution in [-0.2, 0) is 4.74 Å². The van der Waals surface area contributed by atoms with E-state index in [9.17, 15) is 0 Å². The summed E-state index contributed by atoms with van der Waals surface area (Å²) in [5.41, 5.74) is 0. The molecule has 2 heterocycles. The van der Waals surface area contributed by atoms with Gasteiger partial charge < -0.3 is 10.1 Å². The van der Waals surface area contributed by atoms with Crippen LogP contribution < -0.4 is 5.32 Å². The predicted octanol–water partition coefficient (Wildman–Crippen LogP) is 2.12. The molecule has 1 aromatic rings. The Labute approximate surface area is 114 Å². The average molecular weight is 291 g/mol. The molecule has 0 aliphatic carbocycles. The molecule has 2 rings (SSSR count). The maximum absolute atomic E-state index is 5.33. The summed E-state index contributed by atoms with van der Waals surface area (Å²) in [7, 11) is 0. The van der Waals surface area contributed by atoms with Crippen LogP contribution in [0.4, 0.5) is 0 Å². The van der Waals surface area contributed by atoms with Gasteiger partial charge in [-0.05, 0) is 19.1 Å². The van der Waals surface area contributed by atoms with Crippen LogP contribution >= 0.6 is 34.9 Å². The molecule has 0 saturated carbocycles. The summed E-state index contributed by atoms with van der Waals surface area (Å²) in [4.78, 5) is 0. The van der Waals surface area contributed by atoms with E-state index in [0.29, 0.717) is 6.04 Å². The van der Waals surface area contributed by atoms with E-state index in [0.717, 1.165) is 47.0 Å². The lowest BCUT2D eigenvalue weighted by atomic mass is 10.1. The van der Waals surface area contributed by atoms with Crippen molar-refractivity contribution in [2.24, 2.45) is 0 Å². The summed E-state index contributed by atoms with van der Waals surface area (Å²) in [6.45, 7) is 2.83. The number of aromatic nitrogens is 2. The summed E-state index contributed by atoms with van der Waals surface area (Å²) in [5, 5.41) is 11.8. The highest BCUT2D eigenvalue weighted by atomic mass is 32.2. The first-order chi connectivity index (χ1) is 8.38. The van der Waals surface area contributed by atoms with Crippen LogP contribution in [0.1, 0.15) is 12.8 Å². The maximum Gasteiger partial charge on any atom is 0.175 e. The summed E-state index contributed by atoms with van der Waals surface area (Å²) >= 11 is 5.11. The number of thioether (sulfide) groups is 2. The van der Waals surface area contributed by atoms with Crippen LogP contribution in [0.15, 0.2) is 8.68 Å². The highest BCUT2D eigenvalue weighted by Gasteiger charge is 2.12. The van der Waals surface area contributed by atoms with Gasteiger partial charge in [-0.25, -0.2) is 0 Å². The van der Waals surface area contributed by atoms with Gasteiger partial charge in [-0.15, -0.1) is 10.2 Å². The minimum atomic E-state index is 0.639. The maximum atomic E-state index is 5.33. The normalized spacial score (nSPS) is 17.5. The van der Waals surface area contributed by atoms with E-state index in [2.05, 4.69) is 15.5 Å². The van der Waals surface area contributed by atoms with E-state index < -0.39 is 0 Å². The summed E-state index contributed by atoms with van der Waals surface area (Å²) in [5.74, 6) is 1.06. The molecule has 96 valence electrons. The molecule has 0 radical (unpaired) electrons. The van der Waals surface area contributed by atoms with Crippen LogP contribution in [0.3, 0.4) is 0 Å². The van der Waals surface area contributed by atoms with Gasteiger partial charge in [0.05, 0.1) is 0 Å². The van der Waals surface area contributed by atoms with Crippen molar-refractivity contribution in [3.8, 4) is 0 Å². The summed E-state index contributed by atoms with van der Waals surface area (Å²) in [6, 6.07) is 0.639. The van der Waals surface area contributed by atoms with Gasteiger partial charge in [0.2, 0.25) is 0 Å². The van der Waals surface area contributed by atoms with E-state index in [1.54, 1.807) is 34.9 Å². The van der Waals surface area contributed by atoms with Crippen LogP contribution in [-0.4, -0.2) is 48.0 Å². The largest absolute Gasteiger partial charge is 0.381 e. The van der Waals surface area contributed by atoms with Gasteiger partial charge in [0.15, 0.2) is 8.68 Å². The fourth-order valence-corrected chi connectivity index (χ4v) is 4.02. The van der Waals surface area contributed by atoms with Crippen molar-refractivity contribution in [2.45, 2.75) is 27.6 Å². The standard InChI is InChI=1S/C10H17N3OS3/c1-15-9-12-13-10(17-9)16-7-4-11-8-2-5-14-6-3-8/h8,11H,2-7H2,1H3. The topological polar surface area (TPSA) is 47.0 Å². The Bertz CT molecular complexity index is 328. The third-order valence-corrected chi connectivity index (χ3v) is 5.58. The second-order valence-corrected chi connectivity index (χ2v) is 7.10. The quantitative estimate of drug-likeness (QED) is 0.640. The van der Waals surface area contributed by atoms with Crippen molar-refractivity contribution in [1.82, 2.24) is 15.5 Å². The second kappa shape index (κ2) is 7.58. The van der Waals surface area contributed by atoms with Gasteiger partial charge in [-0.1, -0.05) is 34.9 Å². The first-order valence-electron chi connectivity index (χ1n) is 5.70. The molecular formula is C10H17N3OS3.